The monoisotopic (exact) mass is 188 g/mol. The standard InChI is InChI=1S/C9H8N4O/c1-7-10-2-3-13(7)9-11-4-8(6-14)5-12-9/h2-6H,1H3. The molecule has 0 aromatic carbocycles. The summed E-state index contributed by atoms with van der Waals surface area (Å²) in [6.07, 6.45) is 7.12. The third kappa shape index (κ3) is 1.39. The highest BCUT2D eigenvalue weighted by atomic mass is 16.1. The molecule has 2 rings (SSSR count). The number of aromatic nitrogens is 4. The second-order valence-electron chi connectivity index (χ2n) is 2.78. The van der Waals surface area contributed by atoms with Crippen LogP contribution in [0.4, 0.5) is 0 Å². The van der Waals surface area contributed by atoms with Crippen molar-refractivity contribution in [1.29, 1.82) is 0 Å². The van der Waals surface area contributed by atoms with Crippen molar-refractivity contribution in [3.63, 3.8) is 0 Å². The first-order valence-electron chi connectivity index (χ1n) is 4.09. The molecule has 0 N–H and O–H groups in total. The van der Waals surface area contributed by atoms with Gasteiger partial charge in [0.05, 0.1) is 5.56 Å². The van der Waals surface area contributed by atoms with Gasteiger partial charge in [0.1, 0.15) is 5.82 Å². The maximum Gasteiger partial charge on any atom is 0.235 e. The summed E-state index contributed by atoms with van der Waals surface area (Å²) in [4.78, 5) is 22.5. The Bertz CT molecular complexity index is 446. The molecule has 0 radical (unpaired) electrons. The lowest BCUT2D eigenvalue weighted by Gasteiger charge is -2.01. The first kappa shape index (κ1) is 8.55. The molecule has 0 atom stereocenters. The summed E-state index contributed by atoms with van der Waals surface area (Å²) < 4.78 is 1.74. The smallest absolute Gasteiger partial charge is 0.235 e. The maximum atomic E-state index is 10.4. The van der Waals surface area contributed by atoms with Crippen molar-refractivity contribution in [2.24, 2.45) is 0 Å². The Morgan fingerprint density at radius 1 is 1.29 bits per heavy atom. The second kappa shape index (κ2) is 3.37. The van der Waals surface area contributed by atoms with Crippen LogP contribution in [0.25, 0.3) is 5.95 Å². The number of carbonyl (C=O) groups excluding carboxylic acids is 1. The summed E-state index contributed by atoms with van der Waals surface area (Å²) in [7, 11) is 0. The topological polar surface area (TPSA) is 60.7 Å². The molecule has 0 unspecified atom stereocenters. The number of imidazole rings is 1. The first-order chi connectivity index (χ1) is 6.81. The van der Waals surface area contributed by atoms with E-state index in [-0.39, 0.29) is 0 Å². The van der Waals surface area contributed by atoms with Gasteiger partial charge in [0.2, 0.25) is 5.95 Å². The zero-order chi connectivity index (χ0) is 9.97. The van der Waals surface area contributed by atoms with Crippen LogP contribution < -0.4 is 0 Å². The number of aldehydes is 1. The molecule has 0 aliphatic heterocycles. The minimum atomic E-state index is 0.464. The van der Waals surface area contributed by atoms with E-state index in [1.54, 1.807) is 17.0 Å². The van der Waals surface area contributed by atoms with E-state index in [2.05, 4.69) is 15.0 Å². The predicted molar refractivity (Wildman–Crippen MR) is 49.3 cm³/mol. The normalized spacial score (nSPS) is 10.1. The van der Waals surface area contributed by atoms with Gasteiger partial charge >= 0.3 is 0 Å². The summed E-state index contributed by atoms with van der Waals surface area (Å²) in [5.74, 6) is 1.33. The van der Waals surface area contributed by atoms with Crippen molar-refractivity contribution in [3.05, 3.63) is 36.2 Å². The SMILES string of the molecule is Cc1nccn1-c1ncc(C=O)cn1. The van der Waals surface area contributed by atoms with Crippen LogP contribution in [0.3, 0.4) is 0 Å². The van der Waals surface area contributed by atoms with Crippen LogP contribution in [0.15, 0.2) is 24.8 Å². The molecule has 0 fully saturated rings. The third-order valence-corrected chi connectivity index (χ3v) is 1.84. The Kier molecular flexibility index (Phi) is 2.06. The number of nitrogens with zero attached hydrogens (tertiary/aromatic N) is 4. The van der Waals surface area contributed by atoms with Gasteiger partial charge in [-0.2, -0.15) is 0 Å². The zero-order valence-electron chi connectivity index (χ0n) is 7.58. The van der Waals surface area contributed by atoms with Crippen molar-refractivity contribution in [2.45, 2.75) is 6.92 Å². The van der Waals surface area contributed by atoms with Crippen LogP contribution in [-0.4, -0.2) is 25.8 Å². The van der Waals surface area contributed by atoms with Crippen LogP contribution in [0.2, 0.25) is 0 Å². The largest absolute Gasteiger partial charge is 0.298 e. The molecule has 2 heterocycles. The summed E-state index contributed by atoms with van der Waals surface area (Å²) in [6.45, 7) is 1.86. The Morgan fingerprint density at radius 2 is 2.00 bits per heavy atom. The van der Waals surface area contributed by atoms with E-state index in [9.17, 15) is 4.79 Å². The molecule has 0 bridgehead atoms. The molecular weight excluding hydrogens is 180 g/mol. The van der Waals surface area contributed by atoms with E-state index >= 15 is 0 Å². The van der Waals surface area contributed by atoms with E-state index in [4.69, 9.17) is 0 Å². The lowest BCUT2D eigenvalue weighted by molar-refractivity contribution is 0.112. The average Bonchev–Trinajstić information content (AvgIpc) is 2.65. The molecule has 14 heavy (non-hydrogen) atoms. The minimum Gasteiger partial charge on any atom is -0.298 e. The van der Waals surface area contributed by atoms with Crippen molar-refractivity contribution in [3.8, 4) is 5.95 Å². The van der Waals surface area contributed by atoms with Crippen molar-refractivity contribution < 1.29 is 4.79 Å². The summed E-state index contributed by atoms with van der Waals surface area (Å²) in [5.41, 5.74) is 0.464. The van der Waals surface area contributed by atoms with Crippen LogP contribution >= 0.6 is 0 Å². The van der Waals surface area contributed by atoms with Gasteiger partial charge in [-0.15, -0.1) is 0 Å². The van der Waals surface area contributed by atoms with Crippen LogP contribution in [0, 0.1) is 6.92 Å². The molecule has 0 saturated heterocycles. The van der Waals surface area contributed by atoms with E-state index in [1.807, 2.05) is 6.92 Å². The third-order valence-electron chi connectivity index (χ3n) is 1.84. The molecular formula is C9H8N4O. The van der Waals surface area contributed by atoms with Gasteiger partial charge in [0, 0.05) is 24.8 Å². The van der Waals surface area contributed by atoms with Crippen LogP contribution in [-0.2, 0) is 0 Å². The van der Waals surface area contributed by atoms with E-state index in [1.165, 1.54) is 12.4 Å². The predicted octanol–water partition coefficient (Wildman–Crippen LogP) is 0.783. The molecule has 0 saturated carbocycles. The molecule has 2 aromatic rings. The Labute approximate surface area is 80.5 Å². The molecule has 0 aliphatic carbocycles. The van der Waals surface area contributed by atoms with Crippen LogP contribution in [0.1, 0.15) is 16.2 Å². The Balaban J connectivity index is 2.43. The van der Waals surface area contributed by atoms with Gasteiger partial charge in [0.15, 0.2) is 6.29 Å². The number of hydrogen-bond donors (Lipinski definition) is 0. The van der Waals surface area contributed by atoms with Crippen LogP contribution in [0.5, 0.6) is 0 Å². The molecule has 2 aromatic heterocycles. The van der Waals surface area contributed by atoms with Gasteiger partial charge in [0.25, 0.3) is 0 Å². The maximum absolute atomic E-state index is 10.4. The van der Waals surface area contributed by atoms with Gasteiger partial charge in [-0.05, 0) is 6.92 Å². The molecule has 5 nitrogen and oxygen atoms in total. The first-order valence-corrected chi connectivity index (χ1v) is 4.09. The highest BCUT2D eigenvalue weighted by Crippen LogP contribution is 2.03. The molecule has 70 valence electrons. The number of carbonyl (C=O) groups is 1. The average molecular weight is 188 g/mol. The Hall–Kier alpha value is -2.04. The van der Waals surface area contributed by atoms with Gasteiger partial charge < -0.3 is 0 Å². The quantitative estimate of drug-likeness (QED) is 0.653. The molecule has 0 spiro atoms. The molecule has 0 aliphatic rings. The lowest BCUT2D eigenvalue weighted by atomic mass is 10.4. The van der Waals surface area contributed by atoms with E-state index in [0.29, 0.717) is 17.8 Å². The highest BCUT2D eigenvalue weighted by Gasteiger charge is 2.02. The van der Waals surface area contributed by atoms with E-state index < -0.39 is 0 Å². The van der Waals surface area contributed by atoms with Gasteiger partial charge in [-0.1, -0.05) is 0 Å². The Morgan fingerprint density at radius 3 is 2.50 bits per heavy atom. The van der Waals surface area contributed by atoms with Gasteiger partial charge in [-0.25, -0.2) is 15.0 Å². The van der Waals surface area contributed by atoms with Gasteiger partial charge in [-0.3, -0.25) is 9.36 Å². The zero-order valence-corrected chi connectivity index (χ0v) is 7.58. The number of aryl methyl sites for hydroxylation is 1. The number of rotatable bonds is 2. The summed E-state index contributed by atoms with van der Waals surface area (Å²) >= 11 is 0. The fourth-order valence-corrected chi connectivity index (χ4v) is 1.11. The van der Waals surface area contributed by atoms with E-state index in [0.717, 1.165) is 5.82 Å². The summed E-state index contributed by atoms with van der Waals surface area (Å²) in [5, 5.41) is 0. The molecule has 5 heteroatoms. The minimum absolute atomic E-state index is 0.464. The highest BCUT2D eigenvalue weighted by molar-refractivity contribution is 5.73. The summed E-state index contributed by atoms with van der Waals surface area (Å²) in [6, 6.07) is 0. The second-order valence-corrected chi connectivity index (χ2v) is 2.78. The fraction of sp³-hybridized carbons (Fsp3) is 0.111. The van der Waals surface area contributed by atoms with Crippen molar-refractivity contribution in [2.75, 3.05) is 0 Å². The number of hydrogen-bond acceptors (Lipinski definition) is 4. The van der Waals surface area contributed by atoms with Crippen molar-refractivity contribution in [1.82, 2.24) is 19.5 Å². The molecule has 0 amide bonds. The lowest BCUT2D eigenvalue weighted by Crippen LogP contribution is -2.02. The fourth-order valence-electron chi connectivity index (χ4n) is 1.11. The van der Waals surface area contributed by atoms with Crippen molar-refractivity contribution >= 4 is 6.29 Å².